The fourth-order valence-electron chi connectivity index (χ4n) is 3.38. The minimum absolute atomic E-state index is 0.0443. The van der Waals surface area contributed by atoms with Crippen LogP contribution >= 0.6 is 23.1 Å². The van der Waals surface area contributed by atoms with Crippen molar-refractivity contribution in [3.8, 4) is 0 Å². The predicted octanol–water partition coefficient (Wildman–Crippen LogP) is 3.53. The van der Waals surface area contributed by atoms with Crippen molar-refractivity contribution in [1.29, 1.82) is 0 Å². The van der Waals surface area contributed by atoms with Gasteiger partial charge in [0.15, 0.2) is 4.34 Å². The monoisotopic (exact) mass is 487 g/mol. The third kappa shape index (κ3) is 7.50. The lowest BCUT2D eigenvalue weighted by molar-refractivity contribution is -0.118. The van der Waals surface area contributed by atoms with Gasteiger partial charge in [-0.2, -0.15) is 0 Å². The molecule has 0 aliphatic carbocycles. The SMILES string of the molecule is O=C(CSc1nnc(NCc2ccc(F)cc2)s1)NCc1ccccc1CN1CCOCC1. The third-order valence-electron chi connectivity index (χ3n) is 5.18. The molecule has 0 unspecified atom stereocenters. The van der Waals surface area contributed by atoms with Gasteiger partial charge in [-0.25, -0.2) is 4.39 Å². The van der Waals surface area contributed by atoms with Crippen LogP contribution in [0.3, 0.4) is 0 Å². The molecule has 1 saturated heterocycles. The largest absolute Gasteiger partial charge is 0.379 e. The summed E-state index contributed by atoms with van der Waals surface area (Å²) in [6.07, 6.45) is 0. The molecule has 1 aliphatic rings. The number of aromatic nitrogens is 2. The summed E-state index contributed by atoms with van der Waals surface area (Å²) in [6, 6.07) is 14.5. The van der Waals surface area contributed by atoms with Gasteiger partial charge in [0.25, 0.3) is 0 Å². The second-order valence-electron chi connectivity index (χ2n) is 7.58. The molecule has 0 saturated carbocycles. The van der Waals surface area contributed by atoms with E-state index in [0.29, 0.717) is 18.2 Å². The van der Waals surface area contributed by atoms with Crippen LogP contribution in [0.1, 0.15) is 16.7 Å². The second kappa shape index (κ2) is 12.1. The minimum Gasteiger partial charge on any atom is -0.379 e. The van der Waals surface area contributed by atoms with Gasteiger partial charge in [0, 0.05) is 32.7 Å². The molecule has 10 heteroatoms. The molecule has 0 atom stereocenters. The summed E-state index contributed by atoms with van der Waals surface area (Å²) in [5.41, 5.74) is 3.31. The van der Waals surface area contributed by atoms with Crippen LogP contribution in [0, 0.1) is 5.82 Å². The maximum absolute atomic E-state index is 13.0. The molecule has 4 rings (SSSR count). The Morgan fingerprint density at radius 2 is 1.82 bits per heavy atom. The van der Waals surface area contributed by atoms with Crippen LogP contribution in [0.15, 0.2) is 52.9 Å². The Labute approximate surface area is 200 Å². The zero-order chi connectivity index (χ0) is 22.9. The highest BCUT2D eigenvalue weighted by Gasteiger charge is 2.13. The van der Waals surface area contributed by atoms with Gasteiger partial charge in [-0.15, -0.1) is 10.2 Å². The summed E-state index contributed by atoms with van der Waals surface area (Å²) < 4.78 is 19.1. The molecule has 7 nitrogen and oxygen atoms in total. The van der Waals surface area contributed by atoms with Crippen molar-refractivity contribution in [1.82, 2.24) is 20.4 Å². The van der Waals surface area contributed by atoms with Gasteiger partial charge >= 0.3 is 0 Å². The molecule has 0 spiro atoms. The van der Waals surface area contributed by atoms with E-state index in [1.54, 1.807) is 12.1 Å². The van der Waals surface area contributed by atoms with Crippen LogP contribution in [0.2, 0.25) is 0 Å². The topological polar surface area (TPSA) is 79.4 Å². The molecule has 3 aromatic rings. The average molecular weight is 488 g/mol. The van der Waals surface area contributed by atoms with E-state index in [2.05, 4.69) is 37.9 Å². The number of halogens is 1. The van der Waals surface area contributed by atoms with E-state index in [0.717, 1.165) is 48.3 Å². The molecule has 1 aromatic heterocycles. The number of morpholine rings is 1. The molecule has 174 valence electrons. The molecular formula is C23H26FN5O2S2. The summed E-state index contributed by atoms with van der Waals surface area (Å²) in [5, 5.41) is 15.1. The van der Waals surface area contributed by atoms with Gasteiger partial charge in [0.2, 0.25) is 11.0 Å². The molecule has 1 fully saturated rings. The lowest BCUT2D eigenvalue weighted by Gasteiger charge is -2.27. The first kappa shape index (κ1) is 23.6. The standard InChI is InChI=1S/C23H26FN5O2S2/c24-20-7-5-17(6-8-20)13-26-22-27-28-23(33-22)32-16-21(30)25-14-18-3-1-2-4-19(18)15-29-9-11-31-12-10-29/h1-8H,9-16H2,(H,25,30)(H,26,27). The van der Waals surface area contributed by atoms with Gasteiger partial charge in [-0.3, -0.25) is 9.69 Å². The number of carbonyl (C=O) groups excluding carboxylic acids is 1. The van der Waals surface area contributed by atoms with Crippen molar-refractivity contribution in [2.75, 3.05) is 37.4 Å². The molecule has 1 amide bonds. The van der Waals surface area contributed by atoms with Crippen molar-refractivity contribution in [3.05, 3.63) is 71.0 Å². The molecule has 0 bridgehead atoms. The van der Waals surface area contributed by atoms with E-state index in [-0.39, 0.29) is 17.5 Å². The van der Waals surface area contributed by atoms with Gasteiger partial charge in [0.1, 0.15) is 5.82 Å². The number of nitrogens with one attached hydrogen (secondary N) is 2. The van der Waals surface area contributed by atoms with E-state index in [1.807, 2.05) is 12.1 Å². The lowest BCUT2D eigenvalue weighted by atomic mass is 10.1. The number of benzene rings is 2. The lowest BCUT2D eigenvalue weighted by Crippen LogP contribution is -2.36. The van der Waals surface area contributed by atoms with E-state index in [9.17, 15) is 9.18 Å². The van der Waals surface area contributed by atoms with Crippen molar-refractivity contribution >= 4 is 34.1 Å². The normalized spacial score (nSPS) is 14.2. The van der Waals surface area contributed by atoms with Crippen LogP contribution < -0.4 is 10.6 Å². The van der Waals surface area contributed by atoms with Gasteiger partial charge < -0.3 is 15.4 Å². The Morgan fingerprint density at radius 1 is 1.06 bits per heavy atom. The number of nitrogens with zero attached hydrogens (tertiary/aromatic N) is 3. The zero-order valence-electron chi connectivity index (χ0n) is 18.1. The van der Waals surface area contributed by atoms with E-state index >= 15 is 0 Å². The first-order chi connectivity index (χ1) is 16.2. The first-order valence-electron chi connectivity index (χ1n) is 10.7. The Kier molecular flexibility index (Phi) is 8.65. The van der Waals surface area contributed by atoms with Crippen molar-refractivity contribution in [2.24, 2.45) is 0 Å². The maximum Gasteiger partial charge on any atom is 0.230 e. The number of anilines is 1. The fraction of sp³-hybridized carbons (Fsp3) is 0.348. The zero-order valence-corrected chi connectivity index (χ0v) is 19.8. The van der Waals surface area contributed by atoms with Crippen LogP contribution in [0.5, 0.6) is 0 Å². The van der Waals surface area contributed by atoms with Crippen molar-refractivity contribution in [2.45, 2.75) is 24.0 Å². The molecule has 0 radical (unpaired) electrons. The average Bonchev–Trinajstić information content (AvgIpc) is 3.30. The summed E-state index contributed by atoms with van der Waals surface area (Å²) in [7, 11) is 0. The van der Waals surface area contributed by atoms with Crippen molar-refractivity contribution in [3.63, 3.8) is 0 Å². The molecule has 2 aromatic carbocycles. The molecule has 1 aliphatic heterocycles. The Hall–Kier alpha value is -2.53. The number of amides is 1. The smallest absolute Gasteiger partial charge is 0.230 e. The first-order valence-corrected chi connectivity index (χ1v) is 12.5. The number of rotatable bonds is 10. The van der Waals surface area contributed by atoms with Gasteiger partial charge in [-0.05, 0) is 28.8 Å². The van der Waals surface area contributed by atoms with Crippen LogP contribution in [-0.2, 0) is 29.2 Å². The Bertz CT molecular complexity index is 1040. The quantitative estimate of drug-likeness (QED) is 0.424. The summed E-state index contributed by atoms with van der Waals surface area (Å²) in [6.45, 7) is 5.29. The Balaban J connectivity index is 1.20. The highest BCUT2D eigenvalue weighted by atomic mass is 32.2. The van der Waals surface area contributed by atoms with E-state index < -0.39 is 0 Å². The van der Waals surface area contributed by atoms with Crippen LogP contribution in [0.25, 0.3) is 0 Å². The fourth-order valence-corrected chi connectivity index (χ4v) is 4.95. The van der Waals surface area contributed by atoms with Crippen molar-refractivity contribution < 1.29 is 13.9 Å². The number of thioether (sulfide) groups is 1. The van der Waals surface area contributed by atoms with E-state index in [1.165, 1.54) is 40.8 Å². The molecule has 2 heterocycles. The number of ether oxygens (including phenoxy) is 1. The molecular weight excluding hydrogens is 461 g/mol. The number of carbonyl (C=O) groups is 1. The molecule has 33 heavy (non-hydrogen) atoms. The highest BCUT2D eigenvalue weighted by Crippen LogP contribution is 2.25. The third-order valence-corrected chi connectivity index (χ3v) is 7.20. The van der Waals surface area contributed by atoms with Crippen LogP contribution in [0.4, 0.5) is 9.52 Å². The maximum atomic E-state index is 13.0. The Morgan fingerprint density at radius 3 is 2.61 bits per heavy atom. The highest BCUT2D eigenvalue weighted by molar-refractivity contribution is 8.01. The predicted molar refractivity (Wildman–Crippen MR) is 129 cm³/mol. The minimum atomic E-state index is -0.257. The van der Waals surface area contributed by atoms with E-state index in [4.69, 9.17) is 4.74 Å². The van der Waals surface area contributed by atoms with Gasteiger partial charge in [0.05, 0.1) is 19.0 Å². The molecule has 2 N–H and O–H groups in total. The summed E-state index contributed by atoms with van der Waals surface area (Å²) in [5.74, 6) is -0.0254. The second-order valence-corrected chi connectivity index (χ2v) is 9.78. The number of hydrogen-bond donors (Lipinski definition) is 2. The van der Waals surface area contributed by atoms with Crippen LogP contribution in [-0.4, -0.2) is 53.1 Å². The number of hydrogen-bond acceptors (Lipinski definition) is 8. The van der Waals surface area contributed by atoms with Gasteiger partial charge in [-0.1, -0.05) is 59.5 Å². The summed E-state index contributed by atoms with van der Waals surface area (Å²) in [4.78, 5) is 14.8. The summed E-state index contributed by atoms with van der Waals surface area (Å²) >= 11 is 2.76.